The number of methoxy groups -OCH3 is 1. The zero-order valence-electron chi connectivity index (χ0n) is 11.3. The van der Waals surface area contributed by atoms with Gasteiger partial charge in [0.15, 0.2) is 0 Å². The third kappa shape index (κ3) is 3.69. The first-order chi connectivity index (χ1) is 9.61. The van der Waals surface area contributed by atoms with Crippen LogP contribution >= 0.6 is 22.6 Å². The van der Waals surface area contributed by atoms with Gasteiger partial charge in [-0.1, -0.05) is 0 Å². The molecule has 0 bridgehead atoms. The zero-order chi connectivity index (χ0) is 14.5. The van der Waals surface area contributed by atoms with E-state index in [1.54, 1.807) is 9.80 Å². The smallest absolute Gasteiger partial charge is 0.253 e. The van der Waals surface area contributed by atoms with Gasteiger partial charge in [0.2, 0.25) is 5.91 Å². The lowest BCUT2D eigenvalue weighted by atomic mass is 10.2. The summed E-state index contributed by atoms with van der Waals surface area (Å²) in [6.07, 6.45) is 0. The van der Waals surface area contributed by atoms with Crippen molar-refractivity contribution < 1.29 is 14.3 Å². The van der Waals surface area contributed by atoms with E-state index in [9.17, 15) is 9.59 Å². The molecule has 2 amide bonds. The molecule has 0 atom stereocenters. The maximum absolute atomic E-state index is 12.3. The van der Waals surface area contributed by atoms with Crippen LogP contribution in [0.4, 0.5) is 0 Å². The standard InChI is InChI=1S/C14H17IN2O3/c1-20-10-13(18)16-6-8-17(9-7-16)14(19)11-2-4-12(15)5-3-11/h2-5H,6-10H2,1H3. The summed E-state index contributed by atoms with van der Waals surface area (Å²) in [6, 6.07) is 7.53. The molecule has 2 rings (SSSR count). The van der Waals surface area contributed by atoms with Gasteiger partial charge in [-0.15, -0.1) is 0 Å². The molecule has 1 saturated heterocycles. The number of piperazine rings is 1. The van der Waals surface area contributed by atoms with Crippen molar-refractivity contribution in [3.63, 3.8) is 0 Å². The second-order valence-corrected chi connectivity index (χ2v) is 5.86. The van der Waals surface area contributed by atoms with E-state index in [1.807, 2.05) is 24.3 Å². The third-order valence-electron chi connectivity index (χ3n) is 3.28. The SMILES string of the molecule is COCC(=O)N1CCN(C(=O)c2ccc(I)cc2)CC1. The van der Waals surface area contributed by atoms with E-state index in [4.69, 9.17) is 4.74 Å². The number of hydrogen-bond donors (Lipinski definition) is 0. The Bertz CT molecular complexity index is 482. The predicted octanol–water partition coefficient (Wildman–Crippen LogP) is 1.22. The van der Waals surface area contributed by atoms with Gasteiger partial charge in [0.05, 0.1) is 0 Å². The van der Waals surface area contributed by atoms with Crippen LogP contribution in [0.25, 0.3) is 0 Å². The Morgan fingerprint density at radius 2 is 1.65 bits per heavy atom. The van der Waals surface area contributed by atoms with Crippen molar-refractivity contribution in [1.29, 1.82) is 0 Å². The Hall–Kier alpha value is -1.15. The van der Waals surface area contributed by atoms with Crippen LogP contribution in [0.1, 0.15) is 10.4 Å². The van der Waals surface area contributed by atoms with Crippen molar-refractivity contribution in [2.24, 2.45) is 0 Å². The van der Waals surface area contributed by atoms with Gasteiger partial charge in [-0.25, -0.2) is 0 Å². The maximum Gasteiger partial charge on any atom is 0.253 e. The van der Waals surface area contributed by atoms with Crippen LogP contribution in [0, 0.1) is 3.57 Å². The summed E-state index contributed by atoms with van der Waals surface area (Å²) in [5.74, 6) is 0.00843. The van der Waals surface area contributed by atoms with Crippen molar-refractivity contribution in [2.45, 2.75) is 0 Å². The molecule has 1 aromatic rings. The first kappa shape index (κ1) is 15.2. The molecule has 5 nitrogen and oxygen atoms in total. The van der Waals surface area contributed by atoms with Crippen molar-refractivity contribution in [3.05, 3.63) is 33.4 Å². The van der Waals surface area contributed by atoms with Crippen LogP contribution in [0.5, 0.6) is 0 Å². The highest BCUT2D eigenvalue weighted by atomic mass is 127. The first-order valence-electron chi connectivity index (χ1n) is 6.43. The second-order valence-electron chi connectivity index (χ2n) is 4.61. The molecule has 1 aromatic carbocycles. The number of benzene rings is 1. The third-order valence-corrected chi connectivity index (χ3v) is 4.00. The molecule has 1 fully saturated rings. The van der Waals surface area contributed by atoms with Crippen molar-refractivity contribution in [1.82, 2.24) is 9.80 Å². The average molecular weight is 388 g/mol. The summed E-state index contributed by atoms with van der Waals surface area (Å²) in [4.78, 5) is 27.5. The molecule has 6 heteroatoms. The summed E-state index contributed by atoms with van der Waals surface area (Å²) in [7, 11) is 1.51. The molecule has 20 heavy (non-hydrogen) atoms. The highest BCUT2D eigenvalue weighted by Gasteiger charge is 2.24. The molecule has 0 N–H and O–H groups in total. The van der Waals surface area contributed by atoms with E-state index in [1.165, 1.54) is 7.11 Å². The molecule has 0 aliphatic carbocycles. The number of nitrogens with zero attached hydrogens (tertiary/aromatic N) is 2. The van der Waals surface area contributed by atoms with Crippen LogP contribution in [0.3, 0.4) is 0 Å². The van der Waals surface area contributed by atoms with E-state index in [2.05, 4.69) is 22.6 Å². The van der Waals surface area contributed by atoms with E-state index < -0.39 is 0 Å². The Morgan fingerprint density at radius 1 is 1.10 bits per heavy atom. The zero-order valence-corrected chi connectivity index (χ0v) is 13.5. The molecule has 1 heterocycles. The Kier molecular flexibility index (Phi) is 5.36. The van der Waals surface area contributed by atoms with Gasteiger partial charge in [-0.2, -0.15) is 0 Å². The molecule has 108 valence electrons. The van der Waals surface area contributed by atoms with E-state index >= 15 is 0 Å². The molecular weight excluding hydrogens is 371 g/mol. The lowest BCUT2D eigenvalue weighted by Gasteiger charge is -2.34. The summed E-state index contributed by atoms with van der Waals surface area (Å²) in [5, 5.41) is 0. The van der Waals surface area contributed by atoms with E-state index in [0.29, 0.717) is 31.7 Å². The monoisotopic (exact) mass is 388 g/mol. The topological polar surface area (TPSA) is 49.9 Å². The highest BCUT2D eigenvalue weighted by molar-refractivity contribution is 14.1. The van der Waals surface area contributed by atoms with E-state index in [0.717, 1.165) is 3.57 Å². The normalized spacial score (nSPS) is 15.3. The number of amides is 2. The number of rotatable bonds is 3. The number of ether oxygens (including phenoxy) is 1. The van der Waals surface area contributed by atoms with E-state index in [-0.39, 0.29) is 18.4 Å². The van der Waals surface area contributed by atoms with Gasteiger partial charge in [0, 0.05) is 42.4 Å². The fourth-order valence-corrected chi connectivity index (χ4v) is 2.51. The van der Waals surface area contributed by atoms with Crippen molar-refractivity contribution in [3.8, 4) is 0 Å². The Labute approximate surface area is 132 Å². The number of hydrogen-bond acceptors (Lipinski definition) is 3. The van der Waals surface area contributed by atoms with Gasteiger partial charge in [0.25, 0.3) is 5.91 Å². The highest BCUT2D eigenvalue weighted by Crippen LogP contribution is 2.11. The molecule has 1 aliphatic rings. The molecule has 1 aliphatic heterocycles. The average Bonchev–Trinajstić information content (AvgIpc) is 2.48. The predicted molar refractivity (Wildman–Crippen MR) is 83.5 cm³/mol. The minimum absolute atomic E-state index is 0.0196. The molecule has 0 radical (unpaired) electrons. The van der Waals surface area contributed by atoms with Crippen molar-refractivity contribution >= 4 is 34.4 Å². The lowest BCUT2D eigenvalue weighted by Crippen LogP contribution is -2.51. The van der Waals surface area contributed by atoms with Crippen molar-refractivity contribution in [2.75, 3.05) is 39.9 Å². The lowest BCUT2D eigenvalue weighted by molar-refractivity contribution is -0.136. The van der Waals surface area contributed by atoms with Gasteiger partial charge in [-0.05, 0) is 46.9 Å². The molecule has 0 aromatic heterocycles. The van der Waals surface area contributed by atoms with Crippen LogP contribution < -0.4 is 0 Å². The Morgan fingerprint density at radius 3 is 2.20 bits per heavy atom. The van der Waals surface area contributed by atoms with Gasteiger partial charge in [-0.3, -0.25) is 9.59 Å². The summed E-state index contributed by atoms with van der Waals surface area (Å²) in [6.45, 7) is 2.38. The van der Waals surface area contributed by atoms with Crippen LogP contribution in [-0.4, -0.2) is 61.5 Å². The molecule has 0 unspecified atom stereocenters. The summed E-state index contributed by atoms with van der Waals surface area (Å²) >= 11 is 2.21. The molecule has 0 spiro atoms. The van der Waals surface area contributed by atoms with Gasteiger partial charge >= 0.3 is 0 Å². The quantitative estimate of drug-likeness (QED) is 0.732. The van der Waals surface area contributed by atoms with Crippen LogP contribution in [0.2, 0.25) is 0 Å². The Balaban J connectivity index is 1.92. The number of halogens is 1. The fraction of sp³-hybridized carbons (Fsp3) is 0.429. The largest absolute Gasteiger partial charge is 0.375 e. The first-order valence-corrected chi connectivity index (χ1v) is 7.51. The summed E-state index contributed by atoms with van der Waals surface area (Å²) < 4.78 is 5.94. The maximum atomic E-state index is 12.3. The van der Waals surface area contributed by atoms with Gasteiger partial charge in [0.1, 0.15) is 6.61 Å². The van der Waals surface area contributed by atoms with Crippen LogP contribution in [-0.2, 0) is 9.53 Å². The fourth-order valence-electron chi connectivity index (χ4n) is 2.15. The number of carbonyl (C=O) groups is 2. The van der Waals surface area contributed by atoms with Crippen LogP contribution in [0.15, 0.2) is 24.3 Å². The minimum atomic E-state index is -0.0196. The van der Waals surface area contributed by atoms with Gasteiger partial charge < -0.3 is 14.5 Å². The molecular formula is C14H17IN2O3. The minimum Gasteiger partial charge on any atom is -0.375 e. The molecule has 0 saturated carbocycles. The second kappa shape index (κ2) is 7.03. The summed E-state index contributed by atoms with van der Waals surface area (Å²) in [5.41, 5.74) is 0.696. The number of carbonyl (C=O) groups excluding carboxylic acids is 2.